The number of rotatable bonds is 3. The maximum atomic E-state index is 13.8. The minimum absolute atomic E-state index is 0.104. The van der Waals surface area contributed by atoms with Gasteiger partial charge in [0.15, 0.2) is 5.82 Å². The third-order valence-corrected chi connectivity index (χ3v) is 2.19. The Hall–Kier alpha value is -1.48. The fourth-order valence-corrected chi connectivity index (χ4v) is 1.42. The summed E-state index contributed by atoms with van der Waals surface area (Å²) in [5, 5.41) is 0. The van der Waals surface area contributed by atoms with Crippen molar-refractivity contribution in [2.24, 2.45) is 5.73 Å². The van der Waals surface area contributed by atoms with Crippen molar-refractivity contribution in [3.63, 3.8) is 0 Å². The van der Waals surface area contributed by atoms with Crippen molar-refractivity contribution in [3.05, 3.63) is 47.6 Å². The Balaban J connectivity index is 3.38. The highest BCUT2D eigenvalue weighted by molar-refractivity contribution is 5.76. The summed E-state index contributed by atoms with van der Waals surface area (Å²) in [6, 6.07) is 1.64. The van der Waals surface area contributed by atoms with Crippen molar-refractivity contribution in [1.82, 2.24) is 4.98 Å². The Bertz CT molecular complexity index is 404. The molecular weight excluding hydrogens is 191 g/mol. The highest BCUT2D eigenvalue weighted by atomic mass is 19.1. The first-order chi connectivity index (χ1) is 7.11. The lowest BCUT2D eigenvalue weighted by Crippen LogP contribution is -2.05. The molecule has 0 fully saturated rings. The second-order valence-corrected chi connectivity index (χ2v) is 3.44. The molecule has 0 spiro atoms. The lowest BCUT2D eigenvalue weighted by Gasteiger charge is -2.08. The number of hydrogen-bond acceptors (Lipinski definition) is 2. The van der Waals surface area contributed by atoms with Crippen LogP contribution in [0.4, 0.5) is 4.39 Å². The molecule has 0 amide bonds. The highest BCUT2D eigenvalue weighted by Crippen LogP contribution is 2.23. The fraction of sp³-hybridized carbons (Fsp3) is 0.250. The van der Waals surface area contributed by atoms with Crippen LogP contribution in [0.25, 0.3) is 5.57 Å². The van der Waals surface area contributed by atoms with Crippen LogP contribution < -0.4 is 5.73 Å². The monoisotopic (exact) mass is 206 g/mol. The molecule has 1 rings (SSSR count). The molecule has 15 heavy (non-hydrogen) atoms. The van der Waals surface area contributed by atoms with E-state index in [0.29, 0.717) is 5.56 Å². The van der Waals surface area contributed by atoms with Gasteiger partial charge in [-0.1, -0.05) is 18.2 Å². The molecule has 0 saturated heterocycles. The van der Waals surface area contributed by atoms with Crippen molar-refractivity contribution >= 4 is 5.57 Å². The zero-order valence-electron chi connectivity index (χ0n) is 9.05. The molecule has 0 bridgehead atoms. The van der Waals surface area contributed by atoms with Crippen LogP contribution in [0.3, 0.4) is 0 Å². The first kappa shape index (κ1) is 11.6. The van der Waals surface area contributed by atoms with E-state index in [1.807, 2.05) is 13.8 Å². The molecule has 0 atom stereocenters. The number of nitrogens with zero attached hydrogens (tertiary/aromatic N) is 1. The molecule has 0 saturated carbocycles. The van der Waals surface area contributed by atoms with Gasteiger partial charge in [0.1, 0.15) is 0 Å². The number of aromatic nitrogens is 1. The van der Waals surface area contributed by atoms with E-state index >= 15 is 0 Å². The average molecular weight is 206 g/mol. The molecule has 3 heteroatoms. The lowest BCUT2D eigenvalue weighted by molar-refractivity contribution is 0.596. The summed E-state index contributed by atoms with van der Waals surface area (Å²) in [6.45, 7) is 7.61. The van der Waals surface area contributed by atoms with Crippen LogP contribution >= 0.6 is 0 Å². The number of nitrogens with two attached hydrogens (primary N) is 1. The number of allylic oxidation sites excluding steroid dienone is 3. The van der Waals surface area contributed by atoms with Gasteiger partial charge in [-0.3, -0.25) is 4.98 Å². The van der Waals surface area contributed by atoms with Crippen molar-refractivity contribution in [2.45, 2.75) is 20.4 Å². The van der Waals surface area contributed by atoms with E-state index in [-0.39, 0.29) is 18.1 Å². The molecule has 1 heterocycles. The minimum atomic E-state index is -0.351. The summed E-state index contributed by atoms with van der Waals surface area (Å²) in [7, 11) is 0. The summed E-state index contributed by atoms with van der Waals surface area (Å²) in [4.78, 5) is 3.88. The van der Waals surface area contributed by atoms with Gasteiger partial charge in [-0.2, -0.15) is 0 Å². The minimum Gasteiger partial charge on any atom is -0.325 e. The standard InChI is InChI=1S/C12H15FN2/c1-4-9(8(2)3)10-5-6-15-11(7-14)12(10)13/h4-6H,1,7,14H2,2-3H3. The molecule has 0 aliphatic carbocycles. The molecule has 0 aliphatic rings. The topological polar surface area (TPSA) is 38.9 Å². The van der Waals surface area contributed by atoms with Crippen molar-refractivity contribution in [3.8, 4) is 0 Å². The van der Waals surface area contributed by atoms with Crippen LogP contribution in [0.1, 0.15) is 25.1 Å². The Kier molecular flexibility index (Phi) is 3.74. The quantitative estimate of drug-likeness (QED) is 0.772. The van der Waals surface area contributed by atoms with E-state index in [2.05, 4.69) is 11.6 Å². The van der Waals surface area contributed by atoms with Gasteiger partial charge in [0, 0.05) is 18.3 Å². The van der Waals surface area contributed by atoms with Gasteiger partial charge in [-0.25, -0.2) is 4.39 Å². The van der Waals surface area contributed by atoms with E-state index < -0.39 is 0 Å². The fourth-order valence-electron chi connectivity index (χ4n) is 1.42. The maximum absolute atomic E-state index is 13.8. The molecule has 2 nitrogen and oxygen atoms in total. The van der Waals surface area contributed by atoms with E-state index in [1.165, 1.54) is 0 Å². The Morgan fingerprint density at radius 1 is 1.60 bits per heavy atom. The molecule has 1 aromatic heterocycles. The summed E-state index contributed by atoms with van der Waals surface area (Å²) >= 11 is 0. The maximum Gasteiger partial charge on any atom is 0.153 e. The first-order valence-corrected chi connectivity index (χ1v) is 4.75. The largest absolute Gasteiger partial charge is 0.325 e. The van der Waals surface area contributed by atoms with Gasteiger partial charge < -0.3 is 5.73 Å². The third-order valence-electron chi connectivity index (χ3n) is 2.19. The first-order valence-electron chi connectivity index (χ1n) is 4.75. The van der Waals surface area contributed by atoms with Crippen LogP contribution in [0.15, 0.2) is 30.5 Å². The van der Waals surface area contributed by atoms with E-state index in [9.17, 15) is 4.39 Å². The van der Waals surface area contributed by atoms with Gasteiger partial charge in [0.25, 0.3) is 0 Å². The van der Waals surface area contributed by atoms with Crippen molar-refractivity contribution in [1.29, 1.82) is 0 Å². The zero-order chi connectivity index (χ0) is 11.4. The predicted octanol–water partition coefficient (Wildman–Crippen LogP) is 2.66. The number of halogens is 1. The Morgan fingerprint density at radius 2 is 2.27 bits per heavy atom. The molecule has 0 aromatic carbocycles. The summed E-state index contributed by atoms with van der Waals surface area (Å²) < 4.78 is 13.8. The molecule has 1 aromatic rings. The van der Waals surface area contributed by atoms with Crippen molar-refractivity contribution < 1.29 is 4.39 Å². The Labute approximate surface area is 89.3 Å². The van der Waals surface area contributed by atoms with Crippen LogP contribution in [0.2, 0.25) is 0 Å². The molecule has 80 valence electrons. The summed E-state index contributed by atoms with van der Waals surface area (Å²) in [5.41, 5.74) is 8.00. The second-order valence-electron chi connectivity index (χ2n) is 3.44. The molecular formula is C12H15FN2. The van der Waals surface area contributed by atoms with Crippen LogP contribution in [-0.4, -0.2) is 4.98 Å². The van der Waals surface area contributed by atoms with Crippen LogP contribution in [0.5, 0.6) is 0 Å². The van der Waals surface area contributed by atoms with Crippen LogP contribution in [-0.2, 0) is 6.54 Å². The van der Waals surface area contributed by atoms with Gasteiger partial charge in [-0.05, 0) is 25.5 Å². The highest BCUT2D eigenvalue weighted by Gasteiger charge is 2.10. The third kappa shape index (κ3) is 2.30. The Morgan fingerprint density at radius 3 is 2.73 bits per heavy atom. The second kappa shape index (κ2) is 4.84. The molecule has 2 N–H and O–H groups in total. The van der Waals surface area contributed by atoms with Crippen LogP contribution in [0, 0.1) is 5.82 Å². The molecule has 0 unspecified atom stereocenters. The molecule has 0 radical (unpaired) electrons. The zero-order valence-corrected chi connectivity index (χ0v) is 9.05. The molecule has 0 aliphatic heterocycles. The SMILES string of the molecule is C=CC(=C(C)C)c1ccnc(CN)c1F. The predicted molar refractivity (Wildman–Crippen MR) is 60.6 cm³/mol. The normalized spacial score (nSPS) is 9.87. The lowest BCUT2D eigenvalue weighted by atomic mass is 10.0. The summed E-state index contributed by atoms with van der Waals surface area (Å²) in [5.74, 6) is -0.351. The number of hydrogen-bond donors (Lipinski definition) is 1. The number of pyridine rings is 1. The van der Waals surface area contributed by atoms with E-state index in [4.69, 9.17) is 5.73 Å². The van der Waals surface area contributed by atoms with Crippen molar-refractivity contribution in [2.75, 3.05) is 0 Å². The summed E-state index contributed by atoms with van der Waals surface area (Å²) in [6.07, 6.45) is 3.21. The van der Waals surface area contributed by atoms with Gasteiger partial charge in [0.05, 0.1) is 5.69 Å². The van der Waals surface area contributed by atoms with Gasteiger partial charge >= 0.3 is 0 Å². The smallest absolute Gasteiger partial charge is 0.153 e. The van der Waals surface area contributed by atoms with E-state index in [0.717, 1.165) is 11.1 Å². The van der Waals surface area contributed by atoms with Gasteiger partial charge in [-0.15, -0.1) is 0 Å². The average Bonchev–Trinajstić information content (AvgIpc) is 2.21. The van der Waals surface area contributed by atoms with Gasteiger partial charge in [0.2, 0.25) is 0 Å². The van der Waals surface area contributed by atoms with E-state index in [1.54, 1.807) is 18.3 Å².